The Morgan fingerprint density at radius 3 is 2.62 bits per heavy atom. The lowest BCUT2D eigenvalue weighted by Crippen LogP contribution is -2.35. The van der Waals surface area contributed by atoms with E-state index >= 15 is 0 Å². The standard InChI is InChI=1S/C17H22ClFN2O2.ClH/c1-9(20)11-4-2-10(3-5-11)7-21-8-12-6-13(18)16(22)15(19)14(12)17(21)23;/h6,9-11,22H,2-5,7-8,20H2,1H3;1H/t9?,10-,11-;. The average Bonchev–Trinajstić information content (AvgIpc) is 2.81. The molecule has 1 atom stereocenters. The van der Waals surface area contributed by atoms with Crippen molar-refractivity contribution in [3.05, 3.63) is 28.0 Å². The van der Waals surface area contributed by atoms with E-state index < -0.39 is 11.6 Å². The van der Waals surface area contributed by atoms with E-state index in [1.807, 2.05) is 6.92 Å². The van der Waals surface area contributed by atoms with Crippen molar-refractivity contribution in [2.45, 2.75) is 45.2 Å². The van der Waals surface area contributed by atoms with Crippen molar-refractivity contribution < 1.29 is 14.3 Å². The van der Waals surface area contributed by atoms with Crippen molar-refractivity contribution in [1.82, 2.24) is 4.90 Å². The summed E-state index contributed by atoms with van der Waals surface area (Å²) in [6.45, 7) is 3.03. The van der Waals surface area contributed by atoms with Crippen LogP contribution in [0.25, 0.3) is 0 Å². The number of phenols is 1. The van der Waals surface area contributed by atoms with E-state index in [2.05, 4.69) is 0 Å². The Morgan fingerprint density at radius 1 is 1.42 bits per heavy atom. The van der Waals surface area contributed by atoms with Crippen molar-refractivity contribution >= 4 is 29.9 Å². The first-order chi connectivity index (χ1) is 10.9. The van der Waals surface area contributed by atoms with Gasteiger partial charge in [0.2, 0.25) is 0 Å². The zero-order chi connectivity index (χ0) is 16.7. The third-order valence-corrected chi connectivity index (χ3v) is 5.54. The molecule has 1 aromatic carbocycles. The lowest BCUT2D eigenvalue weighted by atomic mass is 9.79. The average molecular weight is 377 g/mol. The Kier molecular flexibility index (Phi) is 6.00. The smallest absolute Gasteiger partial charge is 0.257 e. The van der Waals surface area contributed by atoms with Gasteiger partial charge in [-0.05, 0) is 56.1 Å². The predicted octanol–water partition coefficient (Wildman–Crippen LogP) is 3.72. The number of phenolic OH excluding ortho intramolecular Hbond substituents is 1. The van der Waals surface area contributed by atoms with E-state index in [4.69, 9.17) is 17.3 Å². The molecule has 3 rings (SSSR count). The molecule has 0 aromatic heterocycles. The molecule has 0 spiro atoms. The van der Waals surface area contributed by atoms with Gasteiger partial charge in [0.15, 0.2) is 11.6 Å². The number of nitrogens with two attached hydrogens (primary N) is 1. The van der Waals surface area contributed by atoms with Crippen molar-refractivity contribution in [3.63, 3.8) is 0 Å². The van der Waals surface area contributed by atoms with Gasteiger partial charge in [-0.25, -0.2) is 4.39 Å². The molecule has 1 heterocycles. The number of hydrogen-bond donors (Lipinski definition) is 2. The van der Waals surface area contributed by atoms with Crippen molar-refractivity contribution in [1.29, 1.82) is 0 Å². The van der Waals surface area contributed by atoms with E-state index in [0.29, 0.717) is 30.5 Å². The van der Waals surface area contributed by atoms with Gasteiger partial charge in [-0.2, -0.15) is 0 Å². The molecule has 0 radical (unpaired) electrons. The minimum Gasteiger partial charge on any atom is -0.504 e. The fourth-order valence-electron chi connectivity index (χ4n) is 3.80. The molecular formula is C17H23Cl2FN2O2. The van der Waals surface area contributed by atoms with Crippen LogP contribution in [0.1, 0.15) is 48.5 Å². The number of hydrogen-bond acceptors (Lipinski definition) is 3. The normalized spacial score (nSPS) is 24.5. The summed E-state index contributed by atoms with van der Waals surface area (Å²) in [5, 5.41) is 9.54. The first-order valence-electron chi connectivity index (χ1n) is 8.13. The highest BCUT2D eigenvalue weighted by molar-refractivity contribution is 6.32. The second kappa shape index (κ2) is 7.46. The monoisotopic (exact) mass is 376 g/mol. The van der Waals surface area contributed by atoms with Crippen molar-refractivity contribution in [3.8, 4) is 5.75 Å². The SMILES string of the molecule is CC(N)[C@H]1CC[C@H](CN2Cc3cc(Cl)c(O)c(F)c3C2=O)CC1.Cl. The van der Waals surface area contributed by atoms with Gasteiger partial charge in [0.25, 0.3) is 5.91 Å². The molecule has 1 fully saturated rings. The molecule has 1 aromatic rings. The number of amides is 1. The summed E-state index contributed by atoms with van der Waals surface area (Å²) in [7, 11) is 0. The number of nitrogens with zero attached hydrogens (tertiary/aromatic N) is 1. The van der Waals surface area contributed by atoms with Crippen LogP contribution in [0.3, 0.4) is 0 Å². The van der Waals surface area contributed by atoms with E-state index in [1.54, 1.807) is 4.90 Å². The van der Waals surface area contributed by atoms with Gasteiger partial charge in [-0.3, -0.25) is 4.79 Å². The number of carbonyl (C=O) groups is 1. The first kappa shape index (κ1) is 19.3. The Balaban J connectivity index is 0.00000208. The molecule has 1 saturated carbocycles. The summed E-state index contributed by atoms with van der Waals surface area (Å²) in [4.78, 5) is 14.1. The van der Waals surface area contributed by atoms with Gasteiger partial charge in [-0.1, -0.05) is 11.6 Å². The van der Waals surface area contributed by atoms with Gasteiger partial charge in [-0.15, -0.1) is 12.4 Å². The van der Waals surface area contributed by atoms with Crippen LogP contribution in [0.5, 0.6) is 5.75 Å². The maximum Gasteiger partial charge on any atom is 0.257 e. The van der Waals surface area contributed by atoms with E-state index in [9.17, 15) is 14.3 Å². The zero-order valence-corrected chi connectivity index (χ0v) is 15.2. The molecule has 0 saturated heterocycles. The van der Waals surface area contributed by atoms with Crippen molar-refractivity contribution in [2.24, 2.45) is 17.6 Å². The Morgan fingerprint density at radius 2 is 2.04 bits per heavy atom. The summed E-state index contributed by atoms with van der Waals surface area (Å²) >= 11 is 5.80. The highest BCUT2D eigenvalue weighted by atomic mass is 35.5. The lowest BCUT2D eigenvalue weighted by Gasteiger charge is -2.32. The number of benzene rings is 1. The Hall–Kier alpha value is -1.04. The zero-order valence-electron chi connectivity index (χ0n) is 13.6. The molecule has 1 amide bonds. The van der Waals surface area contributed by atoms with Crippen LogP contribution >= 0.6 is 24.0 Å². The summed E-state index contributed by atoms with van der Waals surface area (Å²) in [6.07, 6.45) is 4.25. The molecule has 1 aliphatic carbocycles. The van der Waals surface area contributed by atoms with E-state index in [1.165, 1.54) is 6.07 Å². The third kappa shape index (κ3) is 3.48. The van der Waals surface area contributed by atoms with E-state index in [-0.39, 0.29) is 34.9 Å². The van der Waals surface area contributed by atoms with E-state index in [0.717, 1.165) is 25.7 Å². The topological polar surface area (TPSA) is 66.6 Å². The maximum atomic E-state index is 14.1. The molecule has 1 aliphatic heterocycles. The Bertz CT molecular complexity index is 632. The van der Waals surface area contributed by atoms with Crippen LogP contribution < -0.4 is 5.73 Å². The van der Waals surface area contributed by atoms with Crippen molar-refractivity contribution in [2.75, 3.05) is 6.54 Å². The van der Waals surface area contributed by atoms with Crippen LogP contribution in [0.2, 0.25) is 5.02 Å². The van der Waals surface area contributed by atoms with Gasteiger partial charge in [0, 0.05) is 19.1 Å². The summed E-state index contributed by atoms with van der Waals surface area (Å²) in [5.74, 6) is -0.904. The number of rotatable bonds is 3. The molecule has 1 unspecified atom stereocenters. The quantitative estimate of drug-likeness (QED) is 0.844. The fraction of sp³-hybridized carbons (Fsp3) is 0.588. The van der Waals surface area contributed by atoms with Gasteiger partial charge >= 0.3 is 0 Å². The van der Waals surface area contributed by atoms with Crippen LogP contribution in [0.15, 0.2) is 6.07 Å². The minimum atomic E-state index is -0.902. The number of halogens is 3. The predicted molar refractivity (Wildman–Crippen MR) is 94.2 cm³/mol. The molecule has 2 aliphatic rings. The van der Waals surface area contributed by atoms with Gasteiger partial charge < -0.3 is 15.7 Å². The van der Waals surface area contributed by atoms with Gasteiger partial charge in [0.1, 0.15) is 0 Å². The molecule has 7 heteroatoms. The van der Waals surface area contributed by atoms with Gasteiger partial charge in [0.05, 0.1) is 10.6 Å². The number of fused-ring (bicyclic) bond motifs is 1. The van der Waals surface area contributed by atoms with Crippen LogP contribution in [-0.2, 0) is 6.54 Å². The van der Waals surface area contributed by atoms with Crippen LogP contribution in [-0.4, -0.2) is 28.5 Å². The maximum absolute atomic E-state index is 14.1. The Labute approximate surface area is 152 Å². The molecular weight excluding hydrogens is 354 g/mol. The van der Waals surface area contributed by atoms with Crippen LogP contribution in [0, 0.1) is 17.7 Å². The third-order valence-electron chi connectivity index (χ3n) is 5.25. The molecule has 4 nitrogen and oxygen atoms in total. The summed E-state index contributed by atoms with van der Waals surface area (Å²) in [6, 6.07) is 1.70. The second-order valence-corrected chi connectivity index (χ2v) is 7.29. The minimum absolute atomic E-state index is 0. The summed E-state index contributed by atoms with van der Waals surface area (Å²) in [5.41, 5.74) is 6.48. The van der Waals surface area contributed by atoms with Crippen LogP contribution in [0.4, 0.5) is 4.39 Å². The highest BCUT2D eigenvalue weighted by Crippen LogP contribution is 2.37. The largest absolute Gasteiger partial charge is 0.504 e. The number of carbonyl (C=O) groups excluding carboxylic acids is 1. The summed E-state index contributed by atoms with van der Waals surface area (Å²) < 4.78 is 14.1. The first-order valence-corrected chi connectivity index (χ1v) is 8.51. The molecule has 134 valence electrons. The molecule has 24 heavy (non-hydrogen) atoms. The molecule has 3 N–H and O–H groups in total. The molecule has 0 bridgehead atoms. The lowest BCUT2D eigenvalue weighted by molar-refractivity contribution is 0.0723. The number of aromatic hydroxyl groups is 1. The highest BCUT2D eigenvalue weighted by Gasteiger charge is 2.35. The second-order valence-electron chi connectivity index (χ2n) is 6.88. The fourth-order valence-corrected chi connectivity index (χ4v) is 4.02.